The van der Waals surface area contributed by atoms with Crippen LogP contribution in [0.15, 0.2) is 40.1 Å². The van der Waals surface area contributed by atoms with Gasteiger partial charge in [-0.05, 0) is 28.1 Å². The molecule has 0 aromatic carbocycles. The third-order valence-electron chi connectivity index (χ3n) is 1.97. The molecule has 0 radical (unpaired) electrons. The minimum absolute atomic E-state index is 0.142. The number of pyridine rings is 1. The summed E-state index contributed by atoms with van der Waals surface area (Å²) in [6, 6.07) is 3.40. The van der Waals surface area contributed by atoms with Crippen molar-refractivity contribution in [2.24, 2.45) is 0 Å². The van der Waals surface area contributed by atoms with Crippen molar-refractivity contribution < 1.29 is 0 Å². The van der Waals surface area contributed by atoms with Crippen LogP contribution in [0.2, 0.25) is 5.02 Å². The van der Waals surface area contributed by atoms with Crippen molar-refractivity contribution in [1.29, 1.82) is 0 Å². The Morgan fingerprint density at radius 1 is 1.50 bits per heavy atom. The standard InChI is InChI=1S/C10H7BrClN3O/c11-9-4-13-6-15(10(9)16)5-8-3-7(12)1-2-14-8/h1-4,6H,5H2. The van der Waals surface area contributed by atoms with Gasteiger partial charge in [-0.2, -0.15) is 0 Å². The molecule has 6 heteroatoms. The fraction of sp³-hybridized carbons (Fsp3) is 0.100. The number of hydrogen-bond acceptors (Lipinski definition) is 3. The maximum atomic E-state index is 11.7. The van der Waals surface area contributed by atoms with Crippen molar-refractivity contribution in [1.82, 2.24) is 14.5 Å². The lowest BCUT2D eigenvalue weighted by Crippen LogP contribution is -2.21. The summed E-state index contributed by atoms with van der Waals surface area (Å²) >= 11 is 8.96. The van der Waals surface area contributed by atoms with Gasteiger partial charge in [0.05, 0.1) is 18.6 Å². The Balaban J connectivity index is 2.34. The van der Waals surface area contributed by atoms with Crippen molar-refractivity contribution in [2.45, 2.75) is 6.54 Å². The van der Waals surface area contributed by atoms with Crippen LogP contribution in [0, 0.1) is 0 Å². The molecule has 0 fully saturated rings. The highest BCUT2D eigenvalue weighted by Crippen LogP contribution is 2.08. The van der Waals surface area contributed by atoms with Crippen LogP contribution in [0.3, 0.4) is 0 Å². The Labute approximate surface area is 105 Å². The monoisotopic (exact) mass is 299 g/mol. The summed E-state index contributed by atoms with van der Waals surface area (Å²) in [5, 5.41) is 0.598. The number of aromatic nitrogens is 3. The topological polar surface area (TPSA) is 47.8 Å². The van der Waals surface area contributed by atoms with Crippen LogP contribution in [0.1, 0.15) is 5.69 Å². The first-order chi connectivity index (χ1) is 7.66. The van der Waals surface area contributed by atoms with E-state index in [0.717, 1.165) is 5.69 Å². The van der Waals surface area contributed by atoms with E-state index >= 15 is 0 Å². The van der Waals surface area contributed by atoms with E-state index in [2.05, 4.69) is 25.9 Å². The van der Waals surface area contributed by atoms with Crippen LogP contribution < -0.4 is 5.56 Å². The molecule has 0 spiro atoms. The minimum Gasteiger partial charge on any atom is -0.292 e. The molecular weight excluding hydrogens is 293 g/mol. The molecule has 4 nitrogen and oxygen atoms in total. The number of nitrogens with zero attached hydrogens (tertiary/aromatic N) is 3. The first-order valence-corrected chi connectivity index (χ1v) is 5.64. The molecule has 2 aromatic rings. The van der Waals surface area contributed by atoms with E-state index in [9.17, 15) is 4.79 Å². The normalized spacial score (nSPS) is 10.4. The molecule has 0 unspecified atom stereocenters. The Hall–Kier alpha value is -1.20. The second-order valence-corrected chi connectivity index (χ2v) is 4.43. The van der Waals surface area contributed by atoms with E-state index in [-0.39, 0.29) is 5.56 Å². The molecule has 2 heterocycles. The number of halogens is 2. The molecule has 0 aliphatic rings. The zero-order chi connectivity index (χ0) is 11.5. The predicted octanol–water partition coefficient (Wildman–Crippen LogP) is 2.10. The largest absolute Gasteiger partial charge is 0.292 e. The van der Waals surface area contributed by atoms with E-state index in [1.165, 1.54) is 17.1 Å². The van der Waals surface area contributed by atoms with Gasteiger partial charge in [0, 0.05) is 17.4 Å². The third-order valence-corrected chi connectivity index (χ3v) is 2.75. The summed E-state index contributed by atoms with van der Waals surface area (Å²) in [6.07, 6.45) is 4.54. The quantitative estimate of drug-likeness (QED) is 0.853. The zero-order valence-electron chi connectivity index (χ0n) is 8.10. The van der Waals surface area contributed by atoms with Gasteiger partial charge in [-0.3, -0.25) is 14.3 Å². The van der Waals surface area contributed by atoms with Crippen LogP contribution in [0.25, 0.3) is 0 Å². The van der Waals surface area contributed by atoms with Gasteiger partial charge in [0.25, 0.3) is 5.56 Å². The summed E-state index contributed by atoms with van der Waals surface area (Å²) in [5.74, 6) is 0. The van der Waals surface area contributed by atoms with Crippen LogP contribution >= 0.6 is 27.5 Å². The SMILES string of the molecule is O=c1c(Br)cncn1Cc1cc(Cl)ccn1. The Kier molecular flexibility index (Phi) is 3.36. The van der Waals surface area contributed by atoms with Crippen LogP contribution in [-0.4, -0.2) is 14.5 Å². The smallest absolute Gasteiger partial charge is 0.267 e. The average Bonchev–Trinajstić information content (AvgIpc) is 2.25. The van der Waals surface area contributed by atoms with E-state index in [1.807, 2.05) is 0 Å². The first kappa shape index (κ1) is 11.3. The maximum absolute atomic E-state index is 11.7. The van der Waals surface area contributed by atoms with Crippen molar-refractivity contribution >= 4 is 27.5 Å². The molecule has 82 valence electrons. The summed E-state index contributed by atoms with van der Waals surface area (Å²) < 4.78 is 1.89. The van der Waals surface area contributed by atoms with Gasteiger partial charge in [-0.15, -0.1) is 0 Å². The molecule has 0 aliphatic carbocycles. The fourth-order valence-corrected chi connectivity index (χ4v) is 1.77. The molecular formula is C10H7BrClN3O. The Bertz CT molecular complexity index is 570. The predicted molar refractivity (Wildman–Crippen MR) is 64.5 cm³/mol. The molecule has 0 saturated carbocycles. The van der Waals surface area contributed by atoms with Gasteiger partial charge in [0.1, 0.15) is 4.47 Å². The molecule has 2 aromatic heterocycles. The van der Waals surface area contributed by atoms with Crippen LogP contribution in [0.4, 0.5) is 0 Å². The molecule has 0 N–H and O–H groups in total. The molecule has 0 aliphatic heterocycles. The van der Waals surface area contributed by atoms with Crippen molar-refractivity contribution in [3.63, 3.8) is 0 Å². The van der Waals surface area contributed by atoms with Crippen molar-refractivity contribution in [2.75, 3.05) is 0 Å². The fourth-order valence-electron chi connectivity index (χ4n) is 1.25. The van der Waals surface area contributed by atoms with E-state index < -0.39 is 0 Å². The number of hydrogen-bond donors (Lipinski definition) is 0. The van der Waals surface area contributed by atoms with E-state index in [0.29, 0.717) is 16.0 Å². The van der Waals surface area contributed by atoms with Crippen LogP contribution in [0.5, 0.6) is 0 Å². The highest BCUT2D eigenvalue weighted by atomic mass is 79.9. The zero-order valence-corrected chi connectivity index (χ0v) is 10.4. The van der Waals surface area contributed by atoms with Gasteiger partial charge in [0.2, 0.25) is 0 Å². The maximum Gasteiger partial charge on any atom is 0.267 e. The van der Waals surface area contributed by atoms with Gasteiger partial charge in [0.15, 0.2) is 0 Å². The molecule has 0 bridgehead atoms. The lowest BCUT2D eigenvalue weighted by atomic mass is 10.3. The van der Waals surface area contributed by atoms with Gasteiger partial charge in [-0.25, -0.2) is 4.98 Å². The molecule has 0 atom stereocenters. The first-order valence-electron chi connectivity index (χ1n) is 4.47. The average molecular weight is 301 g/mol. The summed E-state index contributed by atoms with van der Waals surface area (Å²) in [7, 11) is 0. The van der Waals surface area contributed by atoms with Crippen LogP contribution in [-0.2, 0) is 6.54 Å². The highest BCUT2D eigenvalue weighted by Gasteiger charge is 2.03. The highest BCUT2D eigenvalue weighted by molar-refractivity contribution is 9.10. The summed E-state index contributed by atoms with van der Waals surface area (Å²) in [5.41, 5.74) is 0.575. The molecule has 2 rings (SSSR count). The van der Waals surface area contributed by atoms with E-state index in [4.69, 9.17) is 11.6 Å². The van der Waals surface area contributed by atoms with Crippen molar-refractivity contribution in [3.05, 3.63) is 56.4 Å². The second kappa shape index (κ2) is 4.76. The van der Waals surface area contributed by atoms with Gasteiger partial charge in [-0.1, -0.05) is 11.6 Å². The summed E-state index contributed by atoms with van der Waals surface area (Å²) in [6.45, 7) is 0.353. The van der Waals surface area contributed by atoms with Gasteiger partial charge >= 0.3 is 0 Å². The number of rotatable bonds is 2. The third kappa shape index (κ3) is 2.48. The molecule has 0 saturated heterocycles. The summed E-state index contributed by atoms with van der Waals surface area (Å²) in [4.78, 5) is 19.7. The Morgan fingerprint density at radius 2 is 2.31 bits per heavy atom. The minimum atomic E-state index is -0.142. The van der Waals surface area contributed by atoms with Gasteiger partial charge < -0.3 is 0 Å². The lowest BCUT2D eigenvalue weighted by molar-refractivity contribution is 0.714. The van der Waals surface area contributed by atoms with Crippen molar-refractivity contribution in [3.8, 4) is 0 Å². The second-order valence-electron chi connectivity index (χ2n) is 3.14. The molecule has 0 amide bonds. The Morgan fingerprint density at radius 3 is 3.06 bits per heavy atom. The molecule has 16 heavy (non-hydrogen) atoms. The lowest BCUT2D eigenvalue weighted by Gasteiger charge is -2.04. The van der Waals surface area contributed by atoms with E-state index in [1.54, 1.807) is 18.3 Å².